The maximum Gasteiger partial charge on any atom is 0.242 e. The number of halogens is 2. The van der Waals surface area contributed by atoms with Gasteiger partial charge in [-0.2, -0.15) is 0 Å². The summed E-state index contributed by atoms with van der Waals surface area (Å²) in [5.41, 5.74) is 0.736. The van der Waals surface area contributed by atoms with Crippen LogP contribution in [-0.4, -0.2) is 50.5 Å². The van der Waals surface area contributed by atoms with Gasteiger partial charge in [0.2, 0.25) is 21.8 Å². The molecule has 1 N–H and O–H groups in total. The second-order valence-corrected chi connectivity index (χ2v) is 10.3. The second-order valence-electron chi connectivity index (χ2n) is 8.00. The van der Waals surface area contributed by atoms with E-state index >= 15 is 0 Å². The van der Waals surface area contributed by atoms with Crippen LogP contribution in [0, 0.1) is 5.82 Å². The Morgan fingerprint density at radius 1 is 1.12 bits per heavy atom. The molecule has 0 radical (unpaired) electrons. The first-order valence-corrected chi connectivity index (χ1v) is 13.3. The van der Waals surface area contributed by atoms with Crippen molar-refractivity contribution in [2.45, 2.75) is 45.7 Å². The number of amides is 2. The van der Waals surface area contributed by atoms with Crippen molar-refractivity contribution in [3.05, 3.63) is 64.9 Å². The van der Waals surface area contributed by atoms with Crippen LogP contribution in [-0.2, 0) is 26.2 Å². The fourth-order valence-corrected chi connectivity index (χ4v) is 4.49. The molecule has 34 heavy (non-hydrogen) atoms. The Bertz CT molecular complexity index is 1080. The minimum atomic E-state index is -3.59. The number of hydrogen-bond acceptors (Lipinski definition) is 4. The zero-order valence-corrected chi connectivity index (χ0v) is 21.2. The predicted molar refractivity (Wildman–Crippen MR) is 133 cm³/mol. The van der Waals surface area contributed by atoms with Gasteiger partial charge in [-0.05, 0) is 50.1 Å². The lowest BCUT2D eigenvalue weighted by Crippen LogP contribution is -2.48. The van der Waals surface area contributed by atoms with Gasteiger partial charge in [0, 0.05) is 36.6 Å². The molecule has 7 nitrogen and oxygen atoms in total. The molecule has 0 aliphatic rings. The summed E-state index contributed by atoms with van der Waals surface area (Å²) >= 11 is 5.90. The smallest absolute Gasteiger partial charge is 0.242 e. The molecule has 0 aliphatic heterocycles. The SMILES string of the molecule is CCCNC(=O)[C@H](C)N(Cc1ccccc1F)C(=O)CCCN(c1ccc(Cl)cc1)S(C)(=O)=O. The highest BCUT2D eigenvalue weighted by Crippen LogP contribution is 2.21. The van der Waals surface area contributed by atoms with E-state index in [1.807, 2.05) is 6.92 Å². The molecule has 0 aromatic heterocycles. The fraction of sp³-hybridized carbons (Fsp3) is 0.417. The minimum Gasteiger partial charge on any atom is -0.354 e. The molecule has 0 spiro atoms. The summed E-state index contributed by atoms with van der Waals surface area (Å²) in [7, 11) is -3.59. The third-order valence-electron chi connectivity index (χ3n) is 5.28. The lowest BCUT2D eigenvalue weighted by Gasteiger charge is -2.29. The van der Waals surface area contributed by atoms with Crippen molar-refractivity contribution in [3.8, 4) is 0 Å². The van der Waals surface area contributed by atoms with Crippen molar-refractivity contribution in [1.29, 1.82) is 0 Å². The van der Waals surface area contributed by atoms with Crippen LogP contribution in [0.2, 0.25) is 5.02 Å². The van der Waals surface area contributed by atoms with Crippen LogP contribution in [0.1, 0.15) is 38.7 Å². The minimum absolute atomic E-state index is 0.0144. The Morgan fingerprint density at radius 3 is 2.35 bits per heavy atom. The zero-order valence-electron chi connectivity index (χ0n) is 19.6. The van der Waals surface area contributed by atoms with Crippen molar-refractivity contribution in [2.24, 2.45) is 0 Å². The standard InChI is InChI=1S/C24H31ClFN3O4S/c1-4-15-27-24(31)18(2)28(17-19-8-5-6-9-22(19)26)23(30)10-7-16-29(34(3,32)33)21-13-11-20(25)12-14-21/h5-6,8-9,11-14,18H,4,7,10,15-17H2,1-3H3,(H,27,31)/t18-/m0/s1. The Kier molecular flexibility index (Phi) is 10.3. The van der Waals surface area contributed by atoms with Gasteiger partial charge < -0.3 is 10.2 Å². The van der Waals surface area contributed by atoms with E-state index in [1.165, 1.54) is 15.3 Å². The molecule has 10 heteroatoms. The predicted octanol–water partition coefficient (Wildman–Crippen LogP) is 3.97. The van der Waals surface area contributed by atoms with Gasteiger partial charge in [0.15, 0.2) is 0 Å². The van der Waals surface area contributed by atoms with Gasteiger partial charge in [-0.15, -0.1) is 0 Å². The van der Waals surface area contributed by atoms with Gasteiger partial charge in [-0.3, -0.25) is 13.9 Å². The molecule has 0 unspecified atom stereocenters. The van der Waals surface area contributed by atoms with E-state index in [9.17, 15) is 22.4 Å². The zero-order chi connectivity index (χ0) is 25.3. The van der Waals surface area contributed by atoms with Gasteiger partial charge in [0.25, 0.3) is 0 Å². The van der Waals surface area contributed by atoms with E-state index in [0.29, 0.717) is 22.8 Å². The average Bonchev–Trinajstić information content (AvgIpc) is 2.79. The van der Waals surface area contributed by atoms with E-state index < -0.39 is 21.9 Å². The third-order valence-corrected chi connectivity index (χ3v) is 6.73. The van der Waals surface area contributed by atoms with Crippen molar-refractivity contribution in [1.82, 2.24) is 10.2 Å². The monoisotopic (exact) mass is 511 g/mol. The fourth-order valence-electron chi connectivity index (χ4n) is 3.40. The highest BCUT2D eigenvalue weighted by atomic mass is 35.5. The molecule has 0 saturated carbocycles. The lowest BCUT2D eigenvalue weighted by molar-refractivity contribution is -0.140. The molecule has 2 rings (SSSR count). The summed E-state index contributed by atoms with van der Waals surface area (Å²) in [6, 6.07) is 11.6. The first-order chi connectivity index (χ1) is 16.0. The number of sulfonamides is 1. The van der Waals surface area contributed by atoms with E-state index in [0.717, 1.165) is 12.7 Å². The molecule has 1 atom stereocenters. The first kappa shape index (κ1) is 27.6. The topological polar surface area (TPSA) is 86.8 Å². The number of rotatable bonds is 12. The summed E-state index contributed by atoms with van der Waals surface area (Å²) in [6.07, 6.45) is 2.03. The van der Waals surface area contributed by atoms with Crippen LogP contribution >= 0.6 is 11.6 Å². The average molecular weight is 512 g/mol. The number of carbonyl (C=O) groups is 2. The molecule has 0 saturated heterocycles. The summed E-state index contributed by atoms with van der Waals surface area (Å²) < 4.78 is 40.1. The van der Waals surface area contributed by atoms with Gasteiger partial charge in [-0.25, -0.2) is 12.8 Å². The number of carbonyl (C=O) groups excluding carboxylic acids is 2. The van der Waals surface area contributed by atoms with Crippen LogP contribution in [0.4, 0.5) is 10.1 Å². The van der Waals surface area contributed by atoms with Gasteiger partial charge in [0.05, 0.1) is 11.9 Å². The molecule has 2 amide bonds. The maximum atomic E-state index is 14.3. The maximum absolute atomic E-state index is 14.3. The summed E-state index contributed by atoms with van der Waals surface area (Å²) in [5.74, 6) is -1.16. The molecule has 0 bridgehead atoms. The second kappa shape index (κ2) is 12.7. The molecule has 0 heterocycles. The van der Waals surface area contributed by atoms with Crippen LogP contribution < -0.4 is 9.62 Å². The van der Waals surface area contributed by atoms with Crippen LogP contribution in [0.3, 0.4) is 0 Å². The lowest BCUT2D eigenvalue weighted by atomic mass is 10.1. The summed E-state index contributed by atoms with van der Waals surface area (Å²) in [5, 5.41) is 3.24. The van der Waals surface area contributed by atoms with Crippen molar-refractivity contribution >= 4 is 39.1 Å². The molecule has 0 aliphatic carbocycles. The molecule has 0 fully saturated rings. The van der Waals surface area contributed by atoms with Crippen molar-refractivity contribution < 1.29 is 22.4 Å². The molecule has 186 valence electrons. The highest BCUT2D eigenvalue weighted by Gasteiger charge is 2.27. The van der Waals surface area contributed by atoms with Gasteiger partial charge >= 0.3 is 0 Å². The number of nitrogens with zero attached hydrogens (tertiary/aromatic N) is 2. The van der Waals surface area contributed by atoms with E-state index in [4.69, 9.17) is 11.6 Å². The van der Waals surface area contributed by atoms with Crippen LogP contribution in [0.25, 0.3) is 0 Å². The summed E-state index contributed by atoms with van der Waals surface area (Å²) in [6.45, 7) is 3.98. The van der Waals surface area contributed by atoms with E-state index in [1.54, 1.807) is 49.4 Å². The number of hydrogen-bond donors (Lipinski definition) is 1. The van der Waals surface area contributed by atoms with E-state index in [-0.39, 0.29) is 37.7 Å². The first-order valence-electron chi connectivity index (χ1n) is 11.1. The largest absolute Gasteiger partial charge is 0.354 e. The van der Waals surface area contributed by atoms with Crippen molar-refractivity contribution in [3.63, 3.8) is 0 Å². The molecular weight excluding hydrogens is 481 g/mol. The number of benzene rings is 2. The molecule has 2 aromatic rings. The third kappa shape index (κ3) is 7.99. The quantitative estimate of drug-likeness (QED) is 0.467. The van der Waals surface area contributed by atoms with Crippen LogP contribution in [0.5, 0.6) is 0 Å². The Hall–Kier alpha value is -2.65. The van der Waals surface area contributed by atoms with Gasteiger partial charge in [-0.1, -0.05) is 36.7 Å². The Balaban J connectivity index is 2.15. The normalized spacial score (nSPS) is 12.1. The summed E-state index contributed by atoms with van der Waals surface area (Å²) in [4.78, 5) is 27.0. The highest BCUT2D eigenvalue weighted by molar-refractivity contribution is 7.92. The Labute approximate surface area is 205 Å². The van der Waals surface area contributed by atoms with Crippen LogP contribution in [0.15, 0.2) is 48.5 Å². The number of anilines is 1. The number of nitrogens with one attached hydrogen (secondary N) is 1. The molecular formula is C24H31ClFN3O4S. The molecule has 2 aromatic carbocycles. The Morgan fingerprint density at radius 2 is 1.76 bits per heavy atom. The van der Waals surface area contributed by atoms with Crippen molar-refractivity contribution in [2.75, 3.05) is 23.7 Å². The van der Waals surface area contributed by atoms with E-state index in [2.05, 4.69) is 5.32 Å². The van der Waals surface area contributed by atoms with Gasteiger partial charge in [0.1, 0.15) is 11.9 Å².